The number of hydrogen-bond donors (Lipinski definition) is 10. The lowest BCUT2D eigenvalue weighted by Crippen LogP contribution is -2.69. The van der Waals surface area contributed by atoms with Gasteiger partial charge in [0, 0.05) is 12.1 Å². The van der Waals surface area contributed by atoms with E-state index in [9.17, 15) is 30.6 Å². The van der Waals surface area contributed by atoms with Gasteiger partial charge in [-0.3, -0.25) is 0 Å². The van der Waals surface area contributed by atoms with Crippen LogP contribution in [0.15, 0.2) is 0 Å². The fourth-order valence-electron chi connectivity index (χ4n) is 4.95. The molecule has 200 valence electrons. The monoisotopic (exact) mass is 496 g/mol. The number of aliphatic hydroxyl groups is 6. The average Bonchev–Trinajstić information content (AvgIpc) is 2.75. The number of rotatable bonds is 6. The minimum Gasteiger partial charge on any atom is -0.391 e. The molecule has 3 rings (SSSR count). The second kappa shape index (κ2) is 10.8. The molecule has 3 fully saturated rings. The van der Waals surface area contributed by atoms with Crippen molar-refractivity contribution in [1.82, 2.24) is 5.32 Å². The Balaban J connectivity index is 1.73. The molecule has 2 aliphatic heterocycles. The van der Waals surface area contributed by atoms with Gasteiger partial charge in [-0.15, -0.1) is 0 Å². The summed E-state index contributed by atoms with van der Waals surface area (Å²) in [6, 6.07) is -3.47. The van der Waals surface area contributed by atoms with Crippen LogP contribution in [0, 0.1) is 0 Å². The second-order valence-corrected chi connectivity index (χ2v) is 9.82. The van der Waals surface area contributed by atoms with Gasteiger partial charge in [-0.25, -0.2) is 0 Å². The van der Waals surface area contributed by atoms with E-state index in [1.54, 1.807) is 7.05 Å². The van der Waals surface area contributed by atoms with Gasteiger partial charge in [0.25, 0.3) is 0 Å². The number of hydrogen-bond acceptors (Lipinski definition) is 14. The molecule has 0 unspecified atom stereocenters. The molecule has 0 aromatic carbocycles. The zero-order valence-electron chi connectivity index (χ0n) is 19.5. The maximum Gasteiger partial charge on any atom is 0.185 e. The lowest BCUT2D eigenvalue weighted by molar-refractivity contribution is -0.319. The summed E-state index contributed by atoms with van der Waals surface area (Å²) in [7, 11) is 1.58. The molecule has 14 heteroatoms. The van der Waals surface area contributed by atoms with E-state index < -0.39 is 91.2 Å². The summed E-state index contributed by atoms with van der Waals surface area (Å²) >= 11 is 0. The molecule has 1 aliphatic carbocycles. The van der Waals surface area contributed by atoms with Crippen LogP contribution in [0.25, 0.3) is 0 Å². The number of nitrogens with one attached hydrogen (secondary N) is 1. The molecule has 2 heterocycles. The fourth-order valence-corrected chi connectivity index (χ4v) is 4.95. The molecule has 34 heavy (non-hydrogen) atoms. The van der Waals surface area contributed by atoms with Crippen molar-refractivity contribution < 1.29 is 49.6 Å². The van der Waals surface area contributed by atoms with Crippen LogP contribution >= 0.6 is 0 Å². The van der Waals surface area contributed by atoms with Gasteiger partial charge in [-0.1, -0.05) is 0 Å². The van der Waals surface area contributed by atoms with Gasteiger partial charge in [-0.05, 0) is 27.3 Å². The molecule has 2 saturated heterocycles. The van der Waals surface area contributed by atoms with E-state index in [0.29, 0.717) is 0 Å². The summed E-state index contributed by atoms with van der Waals surface area (Å²) in [5.74, 6) is 0. The summed E-state index contributed by atoms with van der Waals surface area (Å²) in [6.07, 6.45) is -12.4. The highest BCUT2D eigenvalue weighted by Crippen LogP contribution is 2.32. The smallest absolute Gasteiger partial charge is 0.185 e. The van der Waals surface area contributed by atoms with Crippen molar-refractivity contribution in [2.45, 2.75) is 111 Å². The Morgan fingerprint density at radius 1 is 0.941 bits per heavy atom. The largest absolute Gasteiger partial charge is 0.391 e. The summed E-state index contributed by atoms with van der Waals surface area (Å²) < 4.78 is 22.8. The van der Waals surface area contributed by atoms with Crippen LogP contribution in [0.4, 0.5) is 0 Å². The Labute approximate surface area is 197 Å². The minimum atomic E-state index is -1.46. The Kier molecular flexibility index (Phi) is 8.92. The van der Waals surface area contributed by atoms with Gasteiger partial charge >= 0.3 is 0 Å². The van der Waals surface area contributed by atoms with Crippen molar-refractivity contribution in [3.63, 3.8) is 0 Å². The van der Waals surface area contributed by atoms with Gasteiger partial charge in [0.1, 0.15) is 48.3 Å². The first-order valence-electron chi connectivity index (χ1n) is 11.4. The first-order chi connectivity index (χ1) is 15.8. The standard InChI is InChI=1S/C20H40N4O10/c1-6(25)14-11(27)10(26)9(23)18(32-14)33-15-7(21)4-8(22)16(12(15)28)34-19-13(29)17(24-3)20(2,30)5-31-19/h6-19,24-30H,4-5,21-23H2,1-3H3/t6-,7-,8+,9-,10+,11+,12+,13-,14+,15-,16+,17+,18-,19-,20+/m0/s1. The molecule has 13 N–H and O–H groups in total. The Bertz CT molecular complexity index is 675. The number of nitrogens with two attached hydrogens (primary N) is 3. The van der Waals surface area contributed by atoms with Gasteiger partial charge < -0.3 is 72.1 Å². The van der Waals surface area contributed by atoms with E-state index in [2.05, 4.69) is 5.32 Å². The van der Waals surface area contributed by atoms with Gasteiger partial charge in [0.05, 0.1) is 24.8 Å². The SMILES string of the molecule is CN[C@@H]1[C@H](O)[C@H](O[C@H]2[C@H](O)[C@@H](O[C@@H]3O[C@H]([C@H](C)O)[C@H](O)[C@H](O)[C@@H]3N)[C@@H](N)C[C@H]2N)OC[C@@]1(C)O. The van der Waals surface area contributed by atoms with Crippen LogP contribution in [-0.4, -0.2) is 135 Å². The highest BCUT2D eigenvalue weighted by atomic mass is 16.7. The van der Waals surface area contributed by atoms with Crippen molar-refractivity contribution in [3.8, 4) is 0 Å². The number of ether oxygens (including phenoxy) is 4. The second-order valence-electron chi connectivity index (χ2n) is 9.82. The van der Waals surface area contributed by atoms with Crippen molar-refractivity contribution >= 4 is 0 Å². The van der Waals surface area contributed by atoms with Gasteiger partial charge in [-0.2, -0.15) is 0 Å². The van der Waals surface area contributed by atoms with Crippen molar-refractivity contribution in [2.75, 3.05) is 13.7 Å². The first kappa shape index (κ1) is 28.0. The van der Waals surface area contributed by atoms with Gasteiger partial charge in [0.15, 0.2) is 12.6 Å². The number of likely N-dealkylation sites (N-methyl/N-ethyl adjacent to an activating group) is 1. The van der Waals surface area contributed by atoms with E-state index in [4.69, 9.17) is 36.1 Å². The lowest BCUT2D eigenvalue weighted by atomic mass is 9.84. The van der Waals surface area contributed by atoms with E-state index in [-0.39, 0.29) is 13.0 Å². The van der Waals surface area contributed by atoms with E-state index in [1.807, 2.05) is 0 Å². The maximum atomic E-state index is 11.1. The van der Waals surface area contributed by atoms with E-state index >= 15 is 0 Å². The highest BCUT2D eigenvalue weighted by Gasteiger charge is 2.52. The molecule has 15 atom stereocenters. The lowest BCUT2D eigenvalue weighted by Gasteiger charge is -2.49. The third-order valence-corrected chi connectivity index (χ3v) is 6.95. The van der Waals surface area contributed by atoms with Crippen LogP contribution < -0.4 is 22.5 Å². The topological polar surface area (TPSA) is 248 Å². The highest BCUT2D eigenvalue weighted by molar-refractivity contribution is 5.02. The molecule has 0 amide bonds. The first-order valence-corrected chi connectivity index (χ1v) is 11.4. The normalized spacial score (nSPS) is 53.5. The van der Waals surface area contributed by atoms with E-state index in [1.165, 1.54) is 13.8 Å². The Morgan fingerprint density at radius 2 is 1.50 bits per heavy atom. The summed E-state index contributed by atoms with van der Waals surface area (Å²) in [6.45, 7) is 2.75. The maximum absolute atomic E-state index is 11.1. The van der Waals surface area contributed by atoms with Crippen LogP contribution in [0.2, 0.25) is 0 Å². The van der Waals surface area contributed by atoms with Gasteiger partial charge in [0.2, 0.25) is 0 Å². The van der Waals surface area contributed by atoms with Crippen LogP contribution in [-0.2, 0) is 18.9 Å². The predicted octanol–water partition coefficient (Wildman–Crippen LogP) is -5.61. The zero-order valence-corrected chi connectivity index (χ0v) is 19.5. The Hall–Kier alpha value is -0.560. The molecule has 1 saturated carbocycles. The zero-order chi connectivity index (χ0) is 25.5. The molecular formula is C20H40N4O10. The average molecular weight is 497 g/mol. The fraction of sp³-hybridized carbons (Fsp3) is 1.00. The molecule has 0 bridgehead atoms. The Morgan fingerprint density at radius 3 is 2.03 bits per heavy atom. The summed E-state index contributed by atoms with van der Waals surface area (Å²) in [5, 5.41) is 65.2. The molecule has 0 radical (unpaired) electrons. The van der Waals surface area contributed by atoms with Crippen molar-refractivity contribution in [2.24, 2.45) is 17.2 Å². The van der Waals surface area contributed by atoms with E-state index in [0.717, 1.165) is 0 Å². The van der Waals surface area contributed by atoms with Crippen LogP contribution in [0.3, 0.4) is 0 Å². The number of aliphatic hydroxyl groups excluding tert-OH is 5. The molecular weight excluding hydrogens is 456 g/mol. The minimum absolute atomic E-state index is 0.135. The third kappa shape index (κ3) is 5.40. The van der Waals surface area contributed by atoms with Crippen molar-refractivity contribution in [3.05, 3.63) is 0 Å². The molecule has 0 aromatic rings. The summed E-state index contributed by atoms with van der Waals surface area (Å²) in [4.78, 5) is 0. The van der Waals surface area contributed by atoms with Crippen molar-refractivity contribution in [1.29, 1.82) is 0 Å². The third-order valence-electron chi connectivity index (χ3n) is 6.95. The molecule has 0 aromatic heterocycles. The predicted molar refractivity (Wildman–Crippen MR) is 116 cm³/mol. The summed E-state index contributed by atoms with van der Waals surface area (Å²) in [5.41, 5.74) is 17.0. The molecule has 14 nitrogen and oxygen atoms in total. The quantitative estimate of drug-likeness (QED) is 0.165. The molecule has 3 aliphatic rings. The molecule has 0 spiro atoms. The van der Waals surface area contributed by atoms with Crippen LogP contribution in [0.5, 0.6) is 0 Å². The van der Waals surface area contributed by atoms with Crippen LogP contribution in [0.1, 0.15) is 20.3 Å².